The lowest BCUT2D eigenvalue weighted by atomic mass is 10.4. The first-order valence-corrected chi connectivity index (χ1v) is 7.65. The molecule has 1 rings (SSSR count). The number of nitrogens with one attached hydrogen (secondary N) is 2. The molecule has 0 saturated carbocycles. The van der Waals surface area contributed by atoms with Crippen molar-refractivity contribution in [3.8, 4) is 0 Å². The number of thiazole rings is 1. The third-order valence-electron chi connectivity index (χ3n) is 2.61. The van der Waals surface area contributed by atoms with Crippen LogP contribution in [0.4, 0.5) is 4.79 Å². The van der Waals surface area contributed by atoms with Gasteiger partial charge in [-0.2, -0.15) is 0 Å². The molecule has 0 aliphatic heterocycles. The fraction of sp³-hybridized carbons (Fsp3) is 0.615. The highest BCUT2D eigenvalue weighted by Crippen LogP contribution is 2.17. The molecule has 0 saturated heterocycles. The molecule has 3 N–H and O–H groups in total. The maximum Gasteiger partial charge on any atom is 0.347 e. The molecule has 118 valence electrons. The van der Waals surface area contributed by atoms with Gasteiger partial charge in [0.25, 0.3) is 0 Å². The Kier molecular flexibility index (Phi) is 7.70. The van der Waals surface area contributed by atoms with Crippen LogP contribution in [0.2, 0.25) is 0 Å². The van der Waals surface area contributed by atoms with Gasteiger partial charge in [0.15, 0.2) is 0 Å². The van der Waals surface area contributed by atoms with Crippen molar-refractivity contribution in [3.05, 3.63) is 15.6 Å². The first kappa shape index (κ1) is 17.4. The fourth-order valence-corrected chi connectivity index (χ4v) is 2.37. The zero-order chi connectivity index (χ0) is 15.7. The van der Waals surface area contributed by atoms with Crippen molar-refractivity contribution in [1.29, 1.82) is 0 Å². The van der Waals surface area contributed by atoms with Crippen LogP contribution in [0.1, 0.15) is 40.1 Å². The van der Waals surface area contributed by atoms with Crippen molar-refractivity contribution in [2.24, 2.45) is 0 Å². The maximum absolute atomic E-state index is 11.5. The van der Waals surface area contributed by atoms with Gasteiger partial charge in [0, 0.05) is 13.2 Å². The van der Waals surface area contributed by atoms with Crippen LogP contribution in [0.5, 0.6) is 0 Å². The molecule has 0 fully saturated rings. The van der Waals surface area contributed by atoms with Gasteiger partial charge in [-0.05, 0) is 13.3 Å². The summed E-state index contributed by atoms with van der Waals surface area (Å²) in [5.74, 6) is -0.995. The standard InChI is InChI=1S/C13H21N3O4S/c1-3-4-6-20-7-5-14-13(19)15-8-10-16-9(2)11(21-10)12(17)18/h3-8H2,1-2H3,(H,17,18)(H2,14,15,19). The number of hydrogen-bond acceptors (Lipinski definition) is 5. The van der Waals surface area contributed by atoms with Crippen molar-refractivity contribution < 1.29 is 19.4 Å². The molecule has 1 aromatic rings. The van der Waals surface area contributed by atoms with E-state index in [1.54, 1.807) is 6.92 Å². The number of nitrogens with zero attached hydrogens (tertiary/aromatic N) is 1. The number of carbonyl (C=O) groups excluding carboxylic acids is 1. The number of amides is 2. The topological polar surface area (TPSA) is 101 Å². The molecule has 0 bridgehead atoms. The largest absolute Gasteiger partial charge is 0.477 e. The van der Waals surface area contributed by atoms with Crippen molar-refractivity contribution in [1.82, 2.24) is 15.6 Å². The number of carboxylic acid groups (broad SMARTS) is 1. The van der Waals surface area contributed by atoms with E-state index in [2.05, 4.69) is 22.5 Å². The number of unbranched alkanes of at least 4 members (excludes halogenated alkanes) is 1. The molecular weight excluding hydrogens is 294 g/mol. The van der Waals surface area contributed by atoms with E-state index in [-0.39, 0.29) is 17.5 Å². The highest BCUT2D eigenvalue weighted by atomic mass is 32.1. The summed E-state index contributed by atoms with van der Waals surface area (Å²) in [5, 5.41) is 14.8. The van der Waals surface area contributed by atoms with E-state index < -0.39 is 5.97 Å². The van der Waals surface area contributed by atoms with E-state index in [1.165, 1.54) is 0 Å². The van der Waals surface area contributed by atoms with Gasteiger partial charge in [-0.25, -0.2) is 14.6 Å². The highest BCUT2D eigenvalue weighted by molar-refractivity contribution is 7.13. The molecule has 0 atom stereocenters. The van der Waals surface area contributed by atoms with Gasteiger partial charge in [-0.1, -0.05) is 13.3 Å². The molecular formula is C13H21N3O4S. The lowest BCUT2D eigenvalue weighted by molar-refractivity contribution is 0.0701. The molecule has 0 aromatic carbocycles. The molecule has 1 heterocycles. The number of aromatic carboxylic acids is 1. The molecule has 1 aromatic heterocycles. The van der Waals surface area contributed by atoms with E-state index in [9.17, 15) is 9.59 Å². The Morgan fingerprint density at radius 1 is 1.33 bits per heavy atom. The molecule has 0 aliphatic carbocycles. The average Bonchev–Trinajstić information content (AvgIpc) is 2.82. The quantitative estimate of drug-likeness (QED) is 0.603. The summed E-state index contributed by atoms with van der Waals surface area (Å²) in [7, 11) is 0. The summed E-state index contributed by atoms with van der Waals surface area (Å²) in [6, 6.07) is -0.321. The Morgan fingerprint density at radius 2 is 2.10 bits per heavy atom. The Balaban J connectivity index is 2.21. The van der Waals surface area contributed by atoms with Crippen LogP contribution >= 0.6 is 11.3 Å². The molecule has 8 heteroatoms. The van der Waals surface area contributed by atoms with Crippen molar-refractivity contribution >= 4 is 23.3 Å². The van der Waals surface area contributed by atoms with Crippen LogP contribution < -0.4 is 10.6 Å². The second-order valence-electron chi connectivity index (χ2n) is 4.40. The highest BCUT2D eigenvalue weighted by Gasteiger charge is 2.14. The summed E-state index contributed by atoms with van der Waals surface area (Å²) in [6.07, 6.45) is 2.10. The van der Waals surface area contributed by atoms with Crippen LogP contribution in [0, 0.1) is 6.92 Å². The Hall–Kier alpha value is -1.67. The predicted octanol–water partition coefficient (Wildman–Crippen LogP) is 1.77. The third kappa shape index (κ3) is 6.54. The normalized spacial score (nSPS) is 10.4. The van der Waals surface area contributed by atoms with Gasteiger partial charge in [-0.3, -0.25) is 0 Å². The van der Waals surface area contributed by atoms with E-state index in [4.69, 9.17) is 9.84 Å². The minimum Gasteiger partial charge on any atom is -0.477 e. The zero-order valence-corrected chi connectivity index (χ0v) is 13.1. The van der Waals surface area contributed by atoms with E-state index in [1.807, 2.05) is 0 Å². The monoisotopic (exact) mass is 315 g/mol. The Labute approximate surface area is 127 Å². The van der Waals surface area contributed by atoms with Gasteiger partial charge in [0.2, 0.25) is 0 Å². The SMILES string of the molecule is CCCCOCCNC(=O)NCc1nc(C)c(C(=O)O)s1. The fourth-order valence-electron chi connectivity index (χ4n) is 1.53. The number of aryl methyl sites for hydroxylation is 1. The summed E-state index contributed by atoms with van der Waals surface area (Å²) >= 11 is 1.07. The maximum atomic E-state index is 11.5. The first-order valence-electron chi connectivity index (χ1n) is 6.83. The van der Waals surface area contributed by atoms with Crippen LogP contribution in [0.15, 0.2) is 0 Å². The minimum absolute atomic E-state index is 0.205. The molecule has 0 unspecified atom stereocenters. The number of carbonyl (C=O) groups is 2. The van der Waals surface area contributed by atoms with Crippen LogP contribution in [-0.4, -0.2) is 41.8 Å². The van der Waals surface area contributed by atoms with Crippen LogP contribution in [0.3, 0.4) is 0 Å². The van der Waals surface area contributed by atoms with Crippen LogP contribution in [-0.2, 0) is 11.3 Å². The van der Waals surface area contributed by atoms with Gasteiger partial charge in [-0.15, -0.1) is 11.3 Å². The molecule has 0 spiro atoms. The van der Waals surface area contributed by atoms with Gasteiger partial charge >= 0.3 is 12.0 Å². The number of aromatic nitrogens is 1. The second kappa shape index (κ2) is 9.30. The minimum atomic E-state index is -0.995. The van der Waals surface area contributed by atoms with Crippen molar-refractivity contribution in [2.75, 3.05) is 19.8 Å². The van der Waals surface area contributed by atoms with E-state index in [0.29, 0.717) is 30.5 Å². The average molecular weight is 315 g/mol. The molecule has 2 amide bonds. The molecule has 0 aliphatic rings. The lowest BCUT2D eigenvalue weighted by Crippen LogP contribution is -2.36. The summed E-state index contributed by atoms with van der Waals surface area (Å²) in [5.41, 5.74) is 0.467. The summed E-state index contributed by atoms with van der Waals surface area (Å²) in [6.45, 7) is 5.56. The van der Waals surface area contributed by atoms with Crippen molar-refractivity contribution in [2.45, 2.75) is 33.2 Å². The van der Waals surface area contributed by atoms with Gasteiger partial charge in [0.1, 0.15) is 9.88 Å². The smallest absolute Gasteiger partial charge is 0.347 e. The summed E-state index contributed by atoms with van der Waals surface area (Å²) in [4.78, 5) is 26.7. The first-order chi connectivity index (χ1) is 10.0. The number of ether oxygens (including phenoxy) is 1. The van der Waals surface area contributed by atoms with Gasteiger partial charge in [0.05, 0.1) is 18.8 Å². The summed E-state index contributed by atoms with van der Waals surface area (Å²) < 4.78 is 5.31. The lowest BCUT2D eigenvalue weighted by Gasteiger charge is -2.06. The van der Waals surface area contributed by atoms with E-state index in [0.717, 1.165) is 24.2 Å². The molecule has 7 nitrogen and oxygen atoms in total. The zero-order valence-electron chi connectivity index (χ0n) is 12.3. The second-order valence-corrected chi connectivity index (χ2v) is 5.49. The number of hydrogen-bond donors (Lipinski definition) is 3. The van der Waals surface area contributed by atoms with Crippen LogP contribution in [0.25, 0.3) is 0 Å². The third-order valence-corrected chi connectivity index (χ3v) is 3.75. The molecule has 0 radical (unpaired) electrons. The number of rotatable bonds is 9. The predicted molar refractivity (Wildman–Crippen MR) is 79.8 cm³/mol. The number of carboxylic acids is 1. The van der Waals surface area contributed by atoms with Crippen molar-refractivity contribution in [3.63, 3.8) is 0 Å². The van der Waals surface area contributed by atoms with Gasteiger partial charge < -0.3 is 20.5 Å². The molecule has 21 heavy (non-hydrogen) atoms. The van der Waals surface area contributed by atoms with E-state index >= 15 is 0 Å². The Morgan fingerprint density at radius 3 is 2.71 bits per heavy atom. The number of urea groups is 1. The Bertz CT molecular complexity index is 476.